The first-order valence-electron chi connectivity index (χ1n) is 26.3. The molecule has 77 heavy (non-hydrogen) atoms. The predicted octanol–water partition coefficient (Wildman–Crippen LogP) is 3.13. The molecular formula is C54H83N11O12. The van der Waals surface area contributed by atoms with Gasteiger partial charge in [-0.15, -0.1) is 17.5 Å². The molecule has 0 aromatic heterocycles. The van der Waals surface area contributed by atoms with Crippen molar-refractivity contribution in [1.29, 1.82) is 0 Å². The van der Waals surface area contributed by atoms with Crippen molar-refractivity contribution >= 4 is 64.2 Å². The zero-order valence-electron chi connectivity index (χ0n) is 45.2. The van der Waals surface area contributed by atoms with E-state index in [-0.39, 0.29) is 114 Å². The van der Waals surface area contributed by atoms with Gasteiger partial charge in [-0.25, -0.2) is 4.79 Å². The highest BCUT2D eigenvalue weighted by atomic mass is 16.5. The van der Waals surface area contributed by atoms with E-state index in [1.54, 1.807) is 24.3 Å². The number of ketones is 2. The van der Waals surface area contributed by atoms with Crippen LogP contribution in [0.15, 0.2) is 58.8 Å². The van der Waals surface area contributed by atoms with E-state index in [9.17, 15) is 38.4 Å². The summed E-state index contributed by atoms with van der Waals surface area (Å²) in [6.45, 7) is 1.98. The average Bonchev–Trinajstić information content (AvgIpc) is 3.41. The molecule has 10 N–H and O–H groups in total. The number of unbranched alkanes of at least 4 members (excludes halogenated alkanes) is 3. The Kier molecular flexibility index (Phi) is 35.6. The Labute approximate surface area is 453 Å². The van der Waals surface area contributed by atoms with Gasteiger partial charge < -0.3 is 67.2 Å². The summed E-state index contributed by atoms with van der Waals surface area (Å²) >= 11 is 0. The molecule has 0 saturated heterocycles. The van der Waals surface area contributed by atoms with E-state index in [4.69, 9.17) is 36.8 Å². The summed E-state index contributed by atoms with van der Waals surface area (Å²) in [6, 6.07) is 13.1. The highest BCUT2D eigenvalue weighted by Gasteiger charge is 2.23. The van der Waals surface area contributed by atoms with Crippen LogP contribution in [0.2, 0.25) is 0 Å². The molecule has 0 saturated carbocycles. The third kappa shape index (κ3) is 31.1. The van der Waals surface area contributed by atoms with Crippen LogP contribution in [-0.2, 0) is 47.7 Å². The van der Waals surface area contributed by atoms with Crippen LogP contribution in [0, 0.1) is 24.2 Å². The van der Waals surface area contributed by atoms with Crippen LogP contribution in [0.3, 0.4) is 0 Å². The first kappa shape index (κ1) is 66.3. The van der Waals surface area contributed by atoms with Crippen molar-refractivity contribution in [3.8, 4) is 12.3 Å². The molecule has 0 aliphatic carbocycles. The van der Waals surface area contributed by atoms with Crippen molar-refractivity contribution in [3.05, 3.63) is 54.1 Å². The normalized spacial score (nSPS) is 12.1. The van der Waals surface area contributed by atoms with E-state index in [1.165, 1.54) is 7.05 Å². The fourth-order valence-corrected chi connectivity index (χ4v) is 7.41. The third-order valence-electron chi connectivity index (χ3n) is 11.7. The van der Waals surface area contributed by atoms with Crippen molar-refractivity contribution in [3.63, 3.8) is 0 Å². The van der Waals surface area contributed by atoms with Gasteiger partial charge in [0.15, 0.2) is 11.6 Å². The number of anilines is 1. The number of primary amides is 1. The van der Waals surface area contributed by atoms with E-state index < -0.39 is 35.7 Å². The minimum atomic E-state index is -0.836. The largest absolute Gasteiger partial charge is 0.378 e. The molecule has 2 aromatic rings. The Balaban J connectivity index is 1.62. The molecule has 0 radical (unpaired) electrons. The Hall–Kier alpha value is -6.84. The van der Waals surface area contributed by atoms with Gasteiger partial charge in [0, 0.05) is 90.5 Å². The van der Waals surface area contributed by atoms with E-state index in [0.29, 0.717) is 101 Å². The molecule has 7 amide bonds. The smallest absolute Gasteiger partial charge is 0.315 e. The summed E-state index contributed by atoms with van der Waals surface area (Å²) in [5.41, 5.74) is 13.6. The van der Waals surface area contributed by atoms with Gasteiger partial charge >= 0.3 is 6.03 Å². The molecule has 23 heteroatoms. The number of ether oxygens (including phenoxy) is 4. The lowest BCUT2D eigenvalue weighted by atomic mass is 9.95. The molecule has 3 atom stereocenters. The van der Waals surface area contributed by atoms with Crippen molar-refractivity contribution in [2.75, 3.05) is 112 Å². The number of nitrogens with zero attached hydrogens (tertiary/aromatic N) is 3. The number of benzene rings is 2. The Bertz CT molecular complexity index is 2170. The van der Waals surface area contributed by atoms with E-state index in [1.807, 2.05) is 43.3 Å². The molecule has 0 bridgehead atoms. The summed E-state index contributed by atoms with van der Waals surface area (Å²) in [5.74, 6) is -1.04. The molecule has 3 unspecified atom stereocenters. The molecule has 0 aliphatic heterocycles. The number of terminal acetylenes is 1. The van der Waals surface area contributed by atoms with Crippen molar-refractivity contribution in [1.82, 2.24) is 31.9 Å². The Morgan fingerprint density at radius 3 is 1.83 bits per heavy atom. The first-order valence-corrected chi connectivity index (χ1v) is 26.3. The molecule has 2 rings (SSSR count). The van der Waals surface area contributed by atoms with Crippen LogP contribution in [0.1, 0.15) is 93.8 Å². The second-order valence-corrected chi connectivity index (χ2v) is 18.2. The summed E-state index contributed by atoms with van der Waals surface area (Å²) in [7, 11) is 5.34. The van der Waals surface area contributed by atoms with Crippen molar-refractivity contribution in [2.24, 2.45) is 33.5 Å². The first-order chi connectivity index (χ1) is 37.2. The number of amides is 7. The van der Waals surface area contributed by atoms with Gasteiger partial charge in [-0.1, -0.05) is 25.0 Å². The molecule has 0 spiro atoms. The number of nitrogens with two attached hydrogens (primary N) is 2. The van der Waals surface area contributed by atoms with Gasteiger partial charge in [-0.05, 0) is 87.9 Å². The standard InChI is InChI=1S/C54H83N11O12/c1-5-6-20-49(68)58-26-13-10-15-40(50(56)69)36-44(66)38-76-34-32-74-30-28-60-51(70)41(16-9-12-25-55)37-45(67)39-77-35-33-75-31-29-61-53(72)48(62-54(73)57-2)19-11-14-27-59-52(71)46-17-7-8-18-47(46)64-63-42-21-23-43(24-22-42)65(3)4/h1,7-8,17-18,21-24,40-41,48H,6,9-16,19-20,25-39,55H2,2-4H3,(H2,56,69)(H,58,68)(H,59,71)(H,60,70)(H,61,72)(H2,57,62,73). The van der Waals surface area contributed by atoms with Crippen LogP contribution in [0.4, 0.5) is 21.9 Å². The van der Waals surface area contributed by atoms with E-state index in [2.05, 4.69) is 48.0 Å². The SMILES string of the molecule is C#CCCC(=O)NCCCCC(CC(=O)COCCOCCNC(=O)C(CCCCN)CC(=O)COCCOCCNC(=O)C(CCCCNC(=O)c1ccccc1N=Nc1ccc(N(C)C)cc1)NC(=O)NC)C(N)=O. The van der Waals surface area contributed by atoms with Gasteiger partial charge in [0.2, 0.25) is 23.6 Å². The highest BCUT2D eigenvalue weighted by molar-refractivity contribution is 5.99. The summed E-state index contributed by atoms with van der Waals surface area (Å²) < 4.78 is 22.0. The lowest BCUT2D eigenvalue weighted by Crippen LogP contribution is -2.49. The van der Waals surface area contributed by atoms with Gasteiger partial charge in [0.1, 0.15) is 19.3 Å². The topological polar surface area (TPSA) is 326 Å². The number of hydrogen-bond donors (Lipinski definition) is 8. The average molecular weight is 1080 g/mol. The molecule has 2 aromatic carbocycles. The number of rotatable bonds is 44. The second-order valence-electron chi connectivity index (χ2n) is 18.2. The molecule has 0 heterocycles. The van der Waals surface area contributed by atoms with Crippen LogP contribution in [-0.4, -0.2) is 160 Å². The molecule has 0 aliphatic rings. The summed E-state index contributed by atoms with van der Waals surface area (Å²) in [5, 5.41) is 24.9. The highest BCUT2D eigenvalue weighted by Crippen LogP contribution is 2.24. The van der Waals surface area contributed by atoms with Crippen LogP contribution in [0.25, 0.3) is 0 Å². The quantitative estimate of drug-likeness (QED) is 0.0269. The van der Waals surface area contributed by atoms with Gasteiger partial charge in [0.25, 0.3) is 5.91 Å². The number of Topliss-reactive ketones (excluding diaryl/α,β-unsaturated/α-hetero) is 2. The van der Waals surface area contributed by atoms with Gasteiger partial charge in [-0.3, -0.25) is 33.6 Å². The fraction of sp³-hybridized carbons (Fsp3) is 0.593. The van der Waals surface area contributed by atoms with Crippen molar-refractivity contribution in [2.45, 2.75) is 89.5 Å². The van der Waals surface area contributed by atoms with Crippen LogP contribution >= 0.6 is 0 Å². The number of azo groups is 1. The lowest BCUT2D eigenvalue weighted by Gasteiger charge is -2.18. The summed E-state index contributed by atoms with van der Waals surface area (Å²) in [6.07, 6.45) is 10.6. The molecule has 426 valence electrons. The maximum Gasteiger partial charge on any atom is 0.315 e. The number of carbonyl (C=O) groups is 8. The van der Waals surface area contributed by atoms with Gasteiger partial charge in [0.05, 0.1) is 56.6 Å². The Morgan fingerprint density at radius 1 is 0.649 bits per heavy atom. The van der Waals surface area contributed by atoms with E-state index >= 15 is 0 Å². The lowest BCUT2D eigenvalue weighted by molar-refractivity contribution is -0.132. The zero-order chi connectivity index (χ0) is 56.5. The third-order valence-corrected chi connectivity index (χ3v) is 11.7. The molecule has 0 fully saturated rings. The van der Waals surface area contributed by atoms with Crippen LogP contribution in [0.5, 0.6) is 0 Å². The Morgan fingerprint density at radius 2 is 1.22 bits per heavy atom. The second kappa shape index (κ2) is 41.3. The monoisotopic (exact) mass is 1080 g/mol. The number of nitrogens with one attached hydrogen (secondary N) is 6. The molecule has 23 nitrogen and oxygen atoms in total. The number of hydrogen-bond acceptors (Lipinski definition) is 16. The zero-order valence-corrected chi connectivity index (χ0v) is 45.2. The minimum absolute atomic E-state index is 0.0233. The maximum absolute atomic E-state index is 13.1. The predicted molar refractivity (Wildman–Crippen MR) is 292 cm³/mol. The number of urea groups is 1. The van der Waals surface area contributed by atoms with Crippen LogP contribution < -0.4 is 48.3 Å². The fourth-order valence-electron chi connectivity index (χ4n) is 7.41. The number of carbonyl (C=O) groups excluding carboxylic acids is 8. The van der Waals surface area contributed by atoms with E-state index in [0.717, 1.165) is 5.69 Å². The summed E-state index contributed by atoms with van der Waals surface area (Å²) in [4.78, 5) is 102. The minimum Gasteiger partial charge on any atom is -0.378 e. The van der Waals surface area contributed by atoms with Crippen molar-refractivity contribution < 1.29 is 57.3 Å². The molecular weight excluding hydrogens is 995 g/mol. The van der Waals surface area contributed by atoms with Gasteiger partial charge in [-0.2, -0.15) is 5.11 Å². The maximum atomic E-state index is 13.1.